The van der Waals surface area contributed by atoms with Crippen molar-refractivity contribution in [1.82, 2.24) is 9.71 Å². The van der Waals surface area contributed by atoms with Gasteiger partial charge in [0.2, 0.25) is 5.88 Å². The lowest BCUT2D eigenvalue weighted by Crippen LogP contribution is -2.42. The number of fused-ring (bicyclic) bond motifs is 1. The van der Waals surface area contributed by atoms with Crippen LogP contribution in [0.4, 0.5) is 11.4 Å². The zero-order valence-electron chi connectivity index (χ0n) is 21.2. The van der Waals surface area contributed by atoms with Crippen LogP contribution in [0.15, 0.2) is 60.8 Å². The predicted octanol–water partition coefficient (Wildman–Crippen LogP) is 5.69. The number of anilines is 2. The van der Waals surface area contributed by atoms with E-state index in [0.29, 0.717) is 34.3 Å². The molecule has 2 aliphatic carbocycles. The van der Waals surface area contributed by atoms with E-state index in [-0.39, 0.29) is 18.1 Å². The van der Waals surface area contributed by atoms with Gasteiger partial charge in [0.05, 0.1) is 12.1 Å². The van der Waals surface area contributed by atoms with Gasteiger partial charge >= 0.3 is 0 Å². The van der Waals surface area contributed by atoms with Crippen LogP contribution in [-0.4, -0.2) is 25.5 Å². The smallest absolute Gasteiger partial charge is 0.299 e. The molecule has 0 spiro atoms. The highest BCUT2D eigenvalue weighted by molar-refractivity contribution is 7.90. The fourth-order valence-corrected chi connectivity index (χ4v) is 6.82. The number of nitrogens with two attached hydrogens (primary N) is 1. The van der Waals surface area contributed by atoms with Crippen molar-refractivity contribution in [1.29, 1.82) is 0 Å². The van der Waals surface area contributed by atoms with Gasteiger partial charge in [0, 0.05) is 35.7 Å². The van der Waals surface area contributed by atoms with Crippen molar-refractivity contribution in [2.75, 3.05) is 9.62 Å². The first-order valence-electron chi connectivity index (χ1n) is 13.2. The first-order valence-corrected chi connectivity index (χ1v) is 15.0. The van der Waals surface area contributed by atoms with Gasteiger partial charge in [-0.05, 0) is 86.4 Å². The zero-order chi connectivity index (χ0) is 26.4. The Morgan fingerprint density at radius 3 is 2.53 bits per heavy atom. The number of aromatic nitrogens is 1. The van der Waals surface area contributed by atoms with Crippen molar-refractivity contribution in [2.45, 2.75) is 63.2 Å². The summed E-state index contributed by atoms with van der Waals surface area (Å²) in [5.41, 5.74) is 10.5. The van der Waals surface area contributed by atoms with Crippen molar-refractivity contribution in [3.05, 3.63) is 76.9 Å². The molecule has 0 saturated heterocycles. The SMILES string of the molecule is C[C@H](NS(=O)(=O)Nc1ccc(C2C(N)c3ccc(Oc4ncccc4Cl)cc3N2C2CCC2)cc1)C1CC1. The van der Waals surface area contributed by atoms with Gasteiger partial charge in [-0.15, -0.1) is 0 Å². The summed E-state index contributed by atoms with van der Waals surface area (Å²) in [5.74, 6) is 1.45. The molecule has 8 nitrogen and oxygen atoms in total. The minimum atomic E-state index is -3.64. The van der Waals surface area contributed by atoms with Crippen LogP contribution in [0.3, 0.4) is 0 Å². The Labute approximate surface area is 228 Å². The molecule has 6 rings (SSSR count). The maximum Gasteiger partial charge on any atom is 0.299 e. The standard InChI is InChI=1S/C28H32ClN5O3S/c1-17(18-7-8-18)32-38(35,36)33-20-11-9-19(10-12-20)27-26(30)23-14-13-22(37-28-24(29)6-3-15-31-28)16-25(23)34(27)21-4-2-5-21/h3,6,9-18,21,26-27,32-33H,2,4-5,7-8,30H2,1H3/t17-,26?,27?/m0/s1. The molecule has 1 aromatic heterocycles. The Balaban J connectivity index is 1.24. The minimum absolute atomic E-state index is 0.0670. The fraction of sp³-hybridized carbons (Fsp3) is 0.393. The van der Waals surface area contributed by atoms with Gasteiger partial charge in [-0.25, -0.2) is 4.98 Å². The van der Waals surface area contributed by atoms with Crippen LogP contribution in [0.2, 0.25) is 5.02 Å². The molecule has 0 radical (unpaired) electrons. The van der Waals surface area contributed by atoms with Crippen LogP contribution >= 0.6 is 11.6 Å². The van der Waals surface area contributed by atoms with Crippen molar-refractivity contribution in [3.63, 3.8) is 0 Å². The van der Waals surface area contributed by atoms with Crippen LogP contribution in [0.25, 0.3) is 0 Å². The van der Waals surface area contributed by atoms with E-state index in [0.717, 1.165) is 42.5 Å². The number of hydrogen-bond acceptors (Lipinski definition) is 6. The van der Waals surface area contributed by atoms with Gasteiger partial charge in [-0.3, -0.25) is 4.72 Å². The summed E-state index contributed by atoms with van der Waals surface area (Å²) >= 11 is 6.26. The Hall–Kier alpha value is -2.85. The second-order valence-electron chi connectivity index (χ2n) is 10.5. The predicted molar refractivity (Wildman–Crippen MR) is 150 cm³/mol. The lowest BCUT2D eigenvalue weighted by molar-refractivity contribution is 0.355. The normalized spacial score (nSPS) is 22.0. The summed E-state index contributed by atoms with van der Waals surface area (Å²) in [5, 5.41) is 0.450. The largest absolute Gasteiger partial charge is 0.437 e. The van der Waals surface area contributed by atoms with E-state index in [2.05, 4.69) is 19.3 Å². The second-order valence-corrected chi connectivity index (χ2v) is 12.4. The number of nitrogens with zero attached hydrogens (tertiary/aromatic N) is 2. The molecule has 4 N–H and O–H groups in total. The maximum absolute atomic E-state index is 12.6. The summed E-state index contributed by atoms with van der Waals surface area (Å²) in [4.78, 5) is 6.65. The Morgan fingerprint density at radius 1 is 1.11 bits per heavy atom. The summed E-state index contributed by atoms with van der Waals surface area (Å²) in [6.07, 6.45) is 7.18. The molecule has 38 heavy (non-hydrogen) atoms. The first kappa shape index (κ1) is 25.4. The molecule has 1 aliphatic heterocycles. The third-order valence-corrected chi connectivity index (χ3v) is 9.34. The summed E-state index contributed by atoms with van der Waals surface area (Å²) in [6.45, 7) is 1.91. The fourth-order valence-electron chi connectivity index (χ4n) is 5.47. The van der Waals surface area contributed by atoms with E-state index < -0.39 is 10.2 Å². The molecule has 2 heterocycles. The van der Waals surface area contributed by atoms with Crippen LogP contribution in [0.5, 0.6) is 11.6 Å². The van der Waals surface area contributed by atoms with Crippen LogP contribution in [-0.2, 0) is 10.2 Å². The van der Waals surface area contributed by atoms with Crippen molar-refractivity contribution in [2.24, 2.45) is 11.7 Å². The number of rotatable bonds is 9. The quantitative estimate of drug-likeness (QED) is 0.314. The van der Waals surface area contributed by atoms with Gasteiger partial charge in [0.25, 0.3) is 10.2 Å². The van der Waals surface area contributed by atoms with Crippen LogP contribution < -0.4 is 24.8 Å². The molecule has 200 valence electrons. The van der Waals surface area contributed by atoms with Gasteiger partial charge < -0.3 is 15.4 Å². The summed E-state index contributed by atoms with van der Waals surface area (Å²) < 4.78 is 36.6. The lowest BCUT2D eigenvalue weighted by atomic mass is 9.89. The van der Waals surface area contributed by atoms with Crippen LogP contribution in [0, 0.1) is 5.92 Å². The molecule has 3 atom stereocenters. The minimum Gasteiger partial charge on any atom is -0.437 e. The molecular formula is C28H32ClN5O3S. The van der Waals surface area contributed by atoms with E-state index in [1.807, 2.05) is 49.4 Å². The van der Waals surface area contributed by atoms with Gasteiger partial charge in [0.1, 0.15) is 10.8 Å². The third kappa shape index (κ3) is 5.08. The molecule has 3 aromatic rings. The Morgan fingerprint density at radius 2 is 1.87 bits per heavy atom. The van der Waals surface area contributed by atoms with Crippen molar-refractivity contribution < 1.29 is 13.2 Å². The molecule has 3 aliphatic rings. The van der Waals surface area contributed by atoms with Crippen molar-refractivity contribution >= 4 is 33.2 Å². The molecule has 2 saturated carbocycles. The second kappa shape index (κ2) is 10.0. The first-order chi connectivity index (χ1) is 18.3. The monoisotopic (exact) mass is 553 g/mol. The van der Waals surface area contributed by atoms with E-state index in [1.165, 1.54) is 6.42 Å². The van der Waals surface area contributed by atoms with E-state index in [1.54, 1.807) is 18.3 Å². The number of hydrogen-bond donors (Lipinski definition) is 3. The maximum atomic E-state index is 12.6. The highest BCUT2D eigenvalue weighted by atomic mass is 35.5. The highest BCUT2D eigenvalue weighted by Crippen LogP contribution is 2.51. The zero-order valence-corrected chi connectivity index (χ0v) is 22.8. The molecule has 2 unspecified atom stereocenters. The van der Waals surface area contributed by atoms with Gasteiger partial charge in [-0.2, -0.15) is 13.1 Å². The van der Waals surface area contributed by atoms with Crippen molar-refractivity contribution in [3.8, 4) is 11.6 Å². The van der Waals surface area contributed by atoms with Gasteiger partial charge in [-0.1, -0.05) is 29.8 Å². The number of halogens is 1. The number of ether oxygens (including phenoxy) is 1. The third-order valence-electron chi connectivity index (χ3n) is 7.86. The molecule has 0 amide bonds. The van der Waals surface area contributed by atoms with Crippen LogP contribution in [0.1, 0.15) is 62.2 Å². The average Bonchev–Trinajstić information content (AvgIpc) is 3.66. The number of pyridine rings is 1. The number of benzene rings is 2. The molecule has 2 aromatic carbocycles. The van der Waals surface area contributed by atoms with E-state index in [4.69, 9.17) is 22.1 Å². The lowest BCUT2D eigenvalue weighted by Gasteiger charge is -2.41. The van der Waals surface area contributed by atoms with E-state index >= 15 is 0 Å². The topological polar surface area (TPSA) is 110 Å². The Bertz CT molecular complexity index is 1430. The summed E-state index contributed by atoms with van der Waals surface area (Å²) in [7, 11) is -3.64. The molecule has 10 heteroatoms. The van der Waals surface area contributed by atoms with Gasteiger partial charge in [0.15, 0.2) is 0 Å². The molecule has 2 fully saturated rings. The molecule has 0 bridgehead atoms. The number of nitrogens with one attached hydrogen (secondary N) is 2. The van der Waals surface area contributed by atoms with E-state index in [9.17, 15) is 8.42 Å². The molecular weight excluding hydrogens is 522 g/mol. The average molecular weight is 554 g/mol. The summed E-state index contributed by atoms with van der Waals surface area (Å²) in [6, 6.07) is 17.0. The Kier molecular flexibility index (Phi) is 6.72. The highest BCUT2D eigenvalue weighted by Gasteiger charge is 2.42.